The van der Waals surface area contributed by atoms with Crippen LogP contribution >= 0.6 is 0 Å². The van der Waals surface area contributed by atoms with E-state index in [0.717, 1.165) is 16.5 Å². The van der Waals surface area contributed by atoms with E-state index >= 15 is 0 Å². The Morgan fingerprint density at radius 2 is 1.33 bits per heavy atom. The highest BCUT2D eigenvalue weighted by Crippen LogP contribution is 2.15. The summed E-state index contributed by atoms with van der Waals surface area (Å²) < 4.78 is 1.12. The molecule has 27 heavy (non-hydrogen) atoms. The largest absolute Gasteiger partial charge is 1.00 e. The molecule has 1 rings (SSSR count). The number of unbranched alkanes of at least 4 members (excludes halogenated alkanes) is 9. The first-order chi connectivity index (χ1) is 12.4. The number of para-hydroxylation sites is 1. The molecule has 1 aromatic rings. The Morgan fingerprint density at radius 1 is 0.852 bits per heavy atom. The summed E-state index contributed by atoms with van der Waals surface area (Å²) in [4.78, 5) is 0. The van der Waals surface area contributed by atoms with Crippen LogP contribution in [0.5, 0.6) is 5.75 Å². The lowest BCUT2D eigenvalue weighted by molar-refractivity contribution is -0.870. The van der Waals surface area contributed by atoms with Crippen LogP contribution in [0.25, 0.3) is 0 Å². The maximum atomic E-state index is 9.19. The SMILES string of the molecule is C=CCc1ccccc1O.CCCCCCCCCCCC[N+](C)(C)C.[Cl-]. The van der Waals surface area contributed by atoms with Crippen molar-refractivity contribution in [2.75, 3.05) is 27.7 Å². The molecule has 0 atom stereocenters. The van der Waals surface area contributed by atoms with E-state index < -0.39 is 0 Å². The number of rotatable bonds is 13. The van der Waals surface area contributed by atoms with Gasteiger partial charge in [-0.15, -0.1) is 6.58 Å². The molecule has 0 spiro atoms. The second-order valence-electron chi connectivity index (χ2n) is 8.32. The minimum absolute atomic E-state index is 0. The molecule has 2 nitrogen and oxygen atoms in total. The van der Waals surface area contributed by atoms with Crippen LogP contribution in [-0.2, 0) is 6.42 Å². The molecule has 0 fully saturated rings. The molecule has 158 valence electrons. The minimum atomic E-state index is 0. The molecule has 0 aliphatic heterocycles. The molecule has 1 aromatic carbocycles. The number of phenols is 1. The summed E-state index contributed by atoms with van der Waals surface area (Å²) in [5.41, 5.74) is 0.928. The summed E-state index contributed by atoms with van der Waals surface area (Å²) >= 11 is 0. The maximum Gasteiger partial charge on any atom is 0.119 e. The number of allylic oxidation sites excluding steroid dienone is 1. The van der Waals surface area contributed by atoms with Crippen LogP contribution < -0.4 is 12.4 Å². The van der Waals surface area contributed by atoms with E-state index in [1.807, 2.05) is 18.2 Å². The van der Waals surface area contributed by atoms with Gasteiger partial charge in [-0.2, -0.15) is 0 Å². The Bertz CT molecular complexity index is 454. The monoisotopic (exact) mass is 397 g/mol. The molecule has 0 unspecified atom stereocenters. The Kier molecular flexibility index (Phi) is 19.2. The van der Waals surface area contributed by atoms with E-state index in [1.165, 1.54) is 70.8 Å². The normalized spacial score (nSPS) is 10.5. The van der Waals surface area contributed by atoms with Crippen LogP contribution in [-0.4, -0.2) is 37.3 Å². The van der Waals surface area contributed by atoms with Crippen molar-refractivity contribution < 1.29 is 22.0 Å². The molecule has 1 N–H and O–H groups in total. The van der Waals surface area contributed by atoms with Gasteiger partial charge in [-0.25, -0.2) is 0 Å². The smallest absolute Gasteiger partial charge is 0.119 e. The molecule has 0 aliphatic rings. The number of aromatic hydroxyl groups is 1. The van der Waals surface area contributed by atoms with Crippen molar-refractivity contribution in [1.29, 1.82) is 0 Å². The van der Waals surface area contributed by atoms with Crippen molar-refractivity contribution in [3.05, 3.63) is 42.5 Å². The molecular weight excluding hydrogens is 354 g/mol. The number of hydrogen-bond donors (Lipinski definition) is 1. The van der Waals surface area contributed by atoms with E-state index in [9.17, 15) is 5.11 Å². The van der Waals surface area contributed by atoms with Crippen LogP contribution in [0.2, 0.25) is 0 Å². The predicted octanol–water partition coefficient (Wildman–Crippen LogP) is 3.74. The number of phenolic OH excluding ortho intramolecular Hbond substituents is 1. The van der Waals surface area contributed by atoms with Gasteiger partial charge in [0.1, 0.15) is 5.75 Å². The van der Waals surface area contributed by atoms with Crippen LogP contribution in [0.15, 0.2) is 36.9 Å². The van der Waals surface area contributed by atoms with E-state index in [2.05, 4.69) is 34.6 Å². The molecule has 0 radical (unpaired) electrons. The molecule has 0 aliphatic carbocycles. The average Bonchev–Trinajstić information content (AvgIpc) is 2.58. The quantitative estimate of drug-likeness (QED) is 0.305. The van der Waals surface area contributed by atoms with Gasteiger partial charge in [0.25, 0.3) is 0 Å². The fourth-order valence-electron chi connectivity index (χ4n) is 2.91. The Labute approximate surface area is 175 Å². The summed E-state index contributed by atoms with van der Waals surface area (Å²) in [5, 5.41) is 9.19. The van der Waals surface area contributed by atoms with E-state index in [0.29, 0.717) is 5.75 Å². The summed E-state index contributed by atoms with van der Waals surface area (Å²) in [7, 11) is 6.86. The molecule has 0 bridgehead atoms. The van der Waals surface area contributed by atoms with Gasteiger partial charge in [0.2, 0.25) is 0 Å². The van der Waals surface area contributed by atoms with Crippen molar-refractivity contribution in [3.8, 4) is 5.75 Å². The molecule has 0 aromatic heterocycles. The first-order valence-corrected chi connectivity index (χ1v) is 10.6. The van der Waals surface area contributed by atoms with Crippen molar-refractivity contribution in [2.45, 2.75) is 77.6 Å². The van der Waals surface area contributed by atoms with Crippen molar-refractivity contribution in [1.82, 2.24) is 0 Å². The lowest BCUT2D eigenvalue weighted by Gasteiger charge is -2.23. The minimum Gasteiger partial charge on any atom is -1.00 e. The highest BCUT2D eigenvalue weighted by Gasteiger charge is 2.04. The highest BCUT2D eigenvalue weighted by molar-refractivity contribution is 5.32. The topological polar surface area (TPSA) is 20.2 Å². The first kappa shape index (κ1) is 28.2. The second-order valence-corrected chi connectivity index (χ2v) is 8.32. The Balaban J connectivity index is 0. The predicted molar refractivity (Wildman–Crippen MR) is 117 cm³/mol. The van der Waals surface area contributed by atoms with Gasteiger partial charge < -0.3 is 22.0 Å². The Hall–Kier alpha value is -0.990. The standard InChI is InChI=1S/C15H34N.C9H10O.ClH/c1-5-6-7-8-9-10-11-12-13-14-15-16(2,3)4;1-2-5-8-6-3-4-7-9(8)10;/h5-15H2,1-4H3;2-4,6-7,10H,1,5H2;1H/q+1;;/p-1. The van der Waals surface area contributed by atoms with Gasteiger partial charge in [0.15, 0.2) is 0 Å². The van der Waals surface area contributed by atoms with Crippen LogP contribution in [0.1, 0.15) is 76.7 Å². The number of benzene rings is 1. The van der Waals surface area contributed by atoms with E-state index in [-0.39, 0.29) is 12.4 Å². The number of quaternary nitrogens is 1. The summed E-state index contributed by atoms with van der Waals surface area (Å²) in [6, 6.07) is 7.27. The third-order valence-corrected chi connectivity index (χ3v) is 4.54. The average molecular weight is 398 g/mol. The molecular formula is C24H44ClNO. The zero-order valence-corrected chi connectivity index (χ0v) is 19.1. The number of hydrogen-bond acceptors (Lipinski definition) is 1. The van der Waals surface area contributed by atoms with Gasteiger partial charge in [-0.05, 0) is 30.9 Å². The van der Waals surface area contributed by atoms with Crippen LogP contribution in [0.3, 0.4) is 0 Å². The van der Waals surface area contributed by atoms with Gasteiger partial charge in [-0.1, -0.05) is 82.6 Å². The number of nitrogens with zero attached hydrogens (tertiary/aromatic N) is 1. The van der Waals surface area contributed by atoms with E-state index in [1.54, 1.807) is 12.1 Å². The summed E-state index contributed by atoms with van der Waals surface area (Å²) in [6.45, 7) is 7.20. The maximum absolute atomic E-state index is 9.19. The fourth-order valence-corrected chi connectivity index (χ4v) is 2.91. The van der Waals surface area contributed by atoms with Gasteiger partial charge >= 0.3 is 0 Å². The molecule has 0 amide bonds. The summed E-state index contributed by atoms with van der Waals surface area (Å²) in [5.74, 6) is 0.349. The van der Waals surface area contributed by atoms with Gasteiger partial charge in [-0.3, -0.25) is 0 Å². The van der Waals surface area contributed by atoms with Crippen LogP contribution in [0, 0.1) is 0 Å². The number of halogens is 1. The lowest BCUT2D eigenvalue weighted by atomic mass is 10.1. The van der Waals surface area contributed by atoms with Gasteiger partial charge in [0.05, 0.1) is 27.7 Å². The fraction of sp³-hybridized carbons (Fsp3) is 0.667. The van der Waals surface area contributed by atoms with Crippen molar-refractivity contribution in [3.63, 3.8) is 0 Å². The second kappa shape index (κ2) is 18.4. The Morgan fingerprint density at radius 3 is 1.78 bits per heavy atom. The van der Waals surface area contributed by atoms with Crippen molar-refractivity contribution in [2.24, 2.45) is 0 Å². The van der Waals surface area contributed by atoms with Gasteiger partial charge in [0, 0.05) is 0 Å². The zero-order valence-electron chi connectivity index (χ0n) is 18.4. The molecule has 0 saturated carbocycles. The third-order valence-electron chi connectivity index (χ3n) is 4.54. The first-order valence-electron chi connectivity index (χ1n) is 10.6. The molecule has 0 heterocycles. The van der Waals surface area contributed by atoms with Crippen LogP contribution in [0.4, 0.5) is 0 Å². The highest BCUT2D eigenvalue weighted by atomic mass is 35.5. The molecule has 3 heteroatoms. The third kappa shape index (κ3) is 19.6. The van der Waals surface area contributed by atoms with Crippen molar-refractivity contribution >= 4 is 0 Å². The molecule has 0 saturated heterocycles. The summed E-state index contributed by atoms with van der Waals surface area (Å²) in [6.07, 6.45) is 16.9. The van der Waals surface area contributed by atoms with E-state index in [4.69, 9.17) is 0 Å². The zero-order chi connectivity index (χ0) is 19.7. The lowest BCUT2D eigenvalue weighted by Crippen LogP contribution is -3.00.